The number of amides is 1. The van der Waals surface area contributed by atoms with E-state index in [0.717, 1.165) is 19.6 Å². The number of rotatable bonds is 2. The van der Waals surface area contributed by atoms with Crippen molar-refractivity contribution in [1.29, 1.82) is 0 Å². The fraction of sp³-hybridized carbons (Fsp3) is 0.474. The predicted octanol–water partition coefficient (Wildman–Crippen LogP) is 2.77. The second-order valence-electron chi connectivity index (χ2n) is 7.42. The topological polar surface area (TPSA) is 52.2 Å². The van der Waals surface area contributed by atoms with Crippen molar-refractivity contribution in [2.45, 2.75) is 30.8 Å². The molecule has 6 rings (SSSR count). The van der Waals surface area contributed by atoms with E-state index >= 15 is 0 Å². The molecule has 4 saturated heterocycles. The number of likely N-dealkylation sites (tertiary alicyclic amines) is 1. The van der Waals surface area contributed by atoms with Crippen molar-refractivity contribution < 1.29 is 4.79 Å². The summed E-state index contributed by atoms with van der Waals surface area (Å²) in [6.45, 7) is 3.06. The van der Waals surface area contributed by atoms with Crippen LogP contribution >= 0.6 is 11.6 Å². The third kappa shape index (κ3) is 2.33. The molecule has 3 atom stereocenters. The molecule has 1 aromatic carbocycles. The van der Waals surface area contributed by atoms with Crippen molar-refractivity contribution in [3.05, 3.63) is 52.8 Å². The van der Waals surface area contributed by atoms with Crippen molar-refractivity contribution in [2.24, 2.45) is 5.92 Å². The van der Waals surface area contributed by atoms with Crippen LogP contribution in [0.4, 0.5) is 0 Å². The molecular weight excluding hydrogens is 336 g/mol. The second kappa shape index (κ2) is 5.85. The fourth-order valence-corrected chi connectivity index (χ4v) is 5.38. The van der Waals surface area contributed by atoms with Crippen LogP contribution in [0.15, 0.2) is 36.5 Å². The smallest absolute Gasteiger partial charge is 0.273 e. The number of carbonyl (C=O) groups is 1. The highest BCUT2D eigenvalue weighted by molar-refractivity contribution is 6.33. The number of nitrogens with zero attached hydrogens (tertiary/aromatic N) is 3. The van der Waals surface area contributed by atoms with Crippen LogP contribution in [-0.2, 0) is 0 Å². The minimum atomic E-state index is -0.00955. The number of H-pyrrole nitrogens is 1. The number of nitrogens with one attached hydrogen (secondary N) is 1. The molecule has 1 N–H and O–H groups in total. The lowest BCUT2D eigenvalue weighted by molar-refractivity contribution is -0.00357. The summed E-state index contributed by atoms with van der Waals surface area (Å²) in [5.41, 5.74) is 1.75. The first-order valence-electron chi connectivity index (χ1n) is 9.03. The second-order valence-corrected chi connectivity index (χ2v) is 7.83. The van der Waals surface area contributed by atoms with Gasteiger partial charge in [-0.05, 0) is 37.4 Å². The van der Waals surface area contributed by atoms with E-state index in [-0.39, 0.29) is 11.9 Å². The molecule has 1 amide bonds. The number of halogens is 1. The minimum absolute atomic E-state index is 0.00955. The Kier molecular flexibility index (Phi) is 3.61. The van der Waals surface area contributed by atoms with E-state index in [4.69, 9.17) is 11.6 Å². The zero-order valence-corrected chi connectivity index (χ0v) is 14.7. The number of benzene rings is 1. The van der Waals surface area contributed by atoms with Crippen molar-refractivity contribution in [1.82, 2.24) is 20.0 Å². The number of fused-ring (bicyclic) bond motifs is 2. The van der Waals surface area contributed by atoms with Gasteiger partial charge in [0.25, 0.3) is 5.91 Å². The van der Waals surface area contributed by atoms with E-state index in [9.17, 15) is 4.79 Å². The Labute approximate surface area is 152 Å². The van der Waals surface area contributed by atoms with E-state index in [0.29, 0.717) is 28.6 Å². The summed E-state index contributed by atoms with van der Waals surface area (Å²) >= 11 is 6.17. The number of aromatic amines is 1. The summed E-state index contributed by atoms with van der Waals surface area (Å²) in [6, 6.07) is 11.3. The Hall–Kier alpha value is -1.85. The van der Waals surface area contributed by atoms with Crippen LogP contribution in [0.2, 0.25) is 5.02 Å². The average molecular weight is 357 g/mol. The molecular formula is C19H21ClN4O. The van der Waals surface area contributed by atoms with Crippen LogP contribution in [0.25, 0.3) is 0 Å². The van der Waals surface area contributed by atoms with Crippen LogP contribution in [0.1, 0.15) is 34.8 Å². The predicted molar refractivity (Wildman–Crippen MR) is 95.7 cm³/mol. The Morgan fingerprint density at radius 1 is 1.16 bits per heavy atom. The maximum Gasteiger partial charge on any atom is 0.273 e. The van der Waals surface area contributed by atoms with E-state index in [2.05, 4.69) is 50.3 Å². The van der Waals surface area contributed by atoms with Crippen LogP contribution in [-0.4, -0.2) is 57.6 Å². The first kappa shape index (κ1) is 15.4. The molecule has 0 radical (unpaired) electrons. The Balaban J connectivity index is 1.54. The molecule has 130 valence electrons. The summed E-state index contributed by atoms with van der Waals surface area (Å²) in [5.74, 6) is 0.944. The van der Waals surface area contributed by atoms with Crippen LogP contribution in [0, 0.1) is 5.92 Å². The standard InChI is InChI=1S/C19H21ClN4O/c20-15-10-21-22-16(15)19(25)24-11-14(12-4-2-1-3-5-12)18-17(24)13-6-8-23(18)9-7-13/h1-5,10,13-14,17-18H,6-9,11H2,(H,21,22). The van der Waals surface area contributed by atoms with Crippen molar-refractivity contribution in [3.8, 4) is 0 Å². The van der Waals surface area contributed by atoms with Gasteiger partial charge in [0.2, 0.25) is 0 Å². The lowest BCUT2D eigenvalue weighted by Gasteiger charge is -2.51. The zero-order chi connectivity index (χ0) is 17.0. The molecule has 2 bridgehead atoms. The Bertz CT molecular complexity index is 784. The van der Waals surface area contributed by atoms with Crippen molar-refractivity contribution in [2.75, 3.05) is 19.6 Å². The number of carbonyl (C=O) groups excluding carboxylic acids is 1. The summed E-state index contributed by atoms with van der Waals surface area (Å²) in [6.07, 6.45) is 3.87. The molecule has 0 aliphatic carbocycles. The number of hydrogen-bond donors (Lipinski definition) is 1. The van der Waals surface area contributed by atoms with Gasteiger partial charge in [0.15, 0.2) is 0 Å². The molecule has 4 aliphatic rings. The molecule has 0 spiro atoms. The van der Waals surface area contributed by atoms with E-state index < -0.39 is 0 Å². The average Bonchev–Trinajstić information content (AvgIpc) is 3.28. The number of aromatic nitrogens is 2. The normalized spacial score (nSPS) is 33.5. The van der Waals surface area contributed by atoms with Gasteiger partial charge in [-0.3, -0.25) is 14.8 Å². The SMILES string of the molecule is O=C(c1[nH]ncc1Cl)N1CC(c2ccccc2)C2C1C1CCN2CC1. The molecule has 1 aromatic heterocycles. The van der Waals surface area contributed by atoms with Crippen LogP contribution < -0.4 is 0 Å². The minimum Gasteiger partial charge on any atom is -0.332 e. The zero-order valence-electron chi connectivity index (χ0n) is 13.9. The summed E-state index contributed by atoms with van der Waals surface area (Å²) in [4.78, 5) is 17.9. The van der Waals surface area contributed by atoms with Gasteiger partial charge in [0, 0.05) is 18.5 Å². The van der Waals surface area contributed by atoms with Gasteiger partial charge in [-0.25, -0.2) is 0 Å². The fourth-order valence-electron chi connectivity index (χ4n) is 5.21. The Morgan fingerprint density at radius 2 is 1.92 bits per heavy atom. The van der Waals surface area contributed by atoms with E-state index in [1.54, 1.807) is 0 Å². The highest BCUT2D eigenvalue weighted by Gasteiger charge is 2.54. The first-order valence-corrected chi connectivity index (χ1v) is 9.40. The monoisotopic (exact) mass is 356 g/mol. The molecule has 0 saturated carbocycles. The van der Waals surface area contributed by atoms with Gasteiger partial charge >= 0.3 is 0 Å². The molecule has 5 nitrogen and oxygen atoms in total. The lowest BCUT2D eigenvalue weighted by atomic mass is 9.75. The third-order valence-corrected chi connectivity index (χ3v) is 6.58. The molecule has 6 heteroatoms. The van der Waals surface area contributed by atoms with Gasteiger partial charge in [0.05, 0.1) is 17.3 Å². The van der Waals surface area contributed by atoms with Crippen LogP contribution in [0.5, 0.6) is 0 Å². The van der Waals surface area contributed by atoms with E-state index in [1.165, 1.54) is 24.6 Å². The largest absolute Gasteiger partial charge is 0.332 e. The van der Waals surface area contributed by atoms with Gasteiger partial charge < -0.3 is 4.90 Å². The first-order chi connectivity index (χ1) is 12.2. The Morgan fingerprint density at radius 3 is 2.60 bits per heavy atom. The summed E-state index contributed by atoms with van der Waals surface area (Å²) in [7, 11) is 0. The summed E-state index contributed by atoms with van der Waals surface area (Å²) in [5, 5.41) is 7.13. The van der Waals surface area contributed by atoms with Gasteiger partial charge in [-0.1, -0.05) is 41.9 Å². The number of piperidine rings is 3. The van der Waals surface area contributed by atoms with Crippen molar-refractivity contribution >= 4 is 17.5 Å². The molecule has 5 heterocycles. The maximum atomic E-state index is 13.2. The maximum absolute atomic E-state index is 13.2. The highest BCUT2D eigenvalue weighted by atomic mass is 35.5. The van der Waals surface area contributed by atoms with Crippen molar-refractivity contribution in [3.63, 3.8) is 0 Å². The quantitative estimate of drug-likeness (QED) is 0.900. The molecule has 25 heavy (non-hydrogen) atoms. The van der Waals surface area contributed by atoms with Crippen LogP contribution in [0.3, 0.4) is 0 Å². The molecule has 4 aliphatic heterocycles. The lowest BCUT2D eigenvalue weighted by Crippen LogP contribution is -2.60. The molecule has 2 aromatic rings. The molecule has 3 unspecified atom stereocenters. The third-order valence-electron chi connectivity index (χ3n) is 6.29. The van der Waals surface area contributed by atoms with Gasteiger partial charge in [0.1, 0.15) is 5.69 Å². The van der Waals surface area contributed by atoms with Gasteiger partial charge in [-0.15, -0.1) is 0 Å². The van der Waals surface area contributed by atoms with E-state index in [1.807, 2.05) is 0 Å². The molecule has 4 fully saturated rings. The highest BCUT2D eigenvalue weighted by Crippen LogP contribution is 2.47. The number of hydrogen-bond acceptors (Lipinski definition) is 3. The summed E-state index contributed by atoms with van der Waals surface area (Å²) < 4.78 is 0. The van der Waals surface area contributed by atoms with Gasteiger partial charge in [-0.2, -0.15) is 5.10 Å².